The smallest absolute Gasteiger partial charge is 0.410 e. The van der Waals surface area contributed by atoms with Crippen LogP contribution in [0.3, 0.4) is 0 Å². The number of ether oxygens (including phenoxy) is 2. The number of carbonyl (C=O) groups excluding carboxylic acids is 2. The summed E-state index contributed by atoms with van der Waals surface area (Å²) in [5, 5.41) is 3.86. The van der Waals surface area contributed by atoms with Crippen LogP contribution in [0.1, 0.15) is 58.6 Å². The molecule has 2 heterocycles. The van der Waals surface area contributed by atoms with E-state index >= 15 is 0 Å². The van der Waals surface area contributed by atoms with Gasteiger partial charge in [-0.25, -0.2) is 14.0 Å². The minimum absolute atomic E-state index is 0.149. The molecule has 2 amide bonds. The summed E-state index contributed by atoms with van der Waals surface area (Å²) in [6, 6.07) is 13.0. The molecule has 2 aromatic rings. The first-order chi connectivity index (χ1) is 18.9. The van der Waals surface area contributed by atoms with Gasteiger partial charge in [0.15, 0.2) is 0 Å². The molecule has 4 rings (SSSR count). The topological polar surface area (TPSA) is 118 Å². The van der Waals surface area contributed by atoms with Crippen molar-refractivity contribution in [2.45, 2.75) is 70.5 Å². The van der Waals surface area contributed by atoms with Gasteiger partial charge < -0.3 is 14.4 Å². The fourth-order valence-corrected chi connectivity index (χ4v) is 4.59. The van der Waals surface area contributed by atoms with Crippen LogP contribution in [0.4, 0.5) is 14.0 Å². The number of rotatable bonds is 4. The van der Waals surface area contributed by atoms with E-state index in [1.807, 2.05) is 33.8 Å². The van der Waals surface area contributed by atoms with Crippen molar-refractivity contribution in [1.82, 2.24) is 14.6 Å². The summed E-state index contributed by atoms with van der Waals surface area (Å²) in [6.45, 7) is 14.5. The van der Waals surface area contributed by atoms with Gasteiger partial charge in [-0.3, -0.25) is 4.90 Å². The van der Waals surface area contributed by atoms with Crippen LogP contribution in [0.25, 0.3) is 0 Å². The Hall–Kier alpha value is -3.67. The third kappa shape index (κ3) is 9.73. The molecule has 0 unspecified atom stereocenters. The average molecular weight is 591 g/mol. The second-order valence-corrected chi connectivity index (χ2v) is 13.7. The Kier molecular flexibility index (Phi) is 9.68. The van der Waals surface area contributed by atoms with Crippen molar-refractivity contribution in [1.29, 1.82) is 0 Å². The summed E-state index contributed by atoms with van der Waals surface area (Å²) in [4.78, 5) is 28.9. The Bertz CT molecular complexity index is 1370. The second kappa shape index (κ2) is 12.5. The largest absolute Gasteiger partial charge is 0.444 e. The standard InChI is InChI=1S/C15H21N3O4S.C14H18FNO2/c1-11-5-7-13(8-6-11)23(20,21)17-16-12-9-18(10-12)14(19)22-15(2,3)4;1-14(2,3)18-13(17)16-8-11(9-16)10-5-4-6-12(15)7-10/h5-8,17H,9-10H2,1-4H3;4-7,11H,8-9H2,1-3H3. The van der Waals surface area contributed by atoms with Crippen molar-refractivity contribution in [2.75, 3.05) is 26.2 Å². The highest BCUT2D eigenvalue weighted by molar-refractivity contribution is 7.89. The van der Waals surface area contributed by atoms with E-state index in [1.165, 1.54) is 29.2 Å². The summed E-state index contributed by atoms with van der Waals surface area (Å²) in [7, 11) is -3.69. The summed E-state index contributed by atoms with van der Waals surface area (Å²) in [5.41, 5.74) is 1.46. The van der Waals surface area contributed by atoms with Gasteiger partial charge in [0.1, 0.15) is 17.0 Å². The van der Waals surface area contributed by atoms with Crippen molar-refractivity contribution in [3.8, 4) is 0 Å². The molecule has 2 aliphatic rings. The fraction of sp³-hybridized carbons (Fsp3) is 0.483. The van der Waals surface area contributed by atoms with Crippen LogP contribution in [-0.4, -0.2) is 73.5 Å². The lowest BCUT2D eigenvalue weighted by Gasteiger charge is -2.40. The molecule has 0 saturated carbocycles. The van der Waals surface area contributed by atoms with Gasteiger partial charge in [-0.05, 0) is 78.3 Å². The number of hydrazone groups is 1. The van der Waals surface area contributed by atoms with E-state index in [2.05, 4.69) is 9.93 Å². The number of hydrogen-bond acceptors (Lipinski definition) is 7. The molecule has 1 N–H and O–H groups in total. The number of hydrogen-bond donors (Lipinski definition) is 1. The van der Waals surface area contributed by atoms with Crippen molar-refractivity contribution in [2.24, 2.45) is 5.10 Å². The third-order valence-electron chi connectivity index (χ3n) is 5.91. The number of benzene rings is 2. The minimum Gasteiger partial charge on any atom is -0.444 e. The molecule has 2 aromatic carbocycles. The third-order valence-corrected chi connectivity index (χ3v) is 7.13. The van der Waals surface area contributed by atoms with Gasteiger partial charge in [-0.1, -0.05) is 29.8 Å². The number of nitrogens with one attached hydrogen (secondary N) is 1. The van der Waals surface area contributed by atoms with Crippen LogP contribution in [-0.2, 0) is 19.5 Å². The molecule has 2 saturated heterocycles. The first-order valence-electron chi connectivity index (χ1n) is 13.3. The van der Waals surface area contributed by atoms with Gasteiger partial charge in [0.25, 0.3) is 10.0 Å². The predicted octanol–water partition coefficient (Wildman–Crippen LogP) is 5.04. The lowest BCUT2D eigenvalue weighted by atomic mass is 9.92. The van der Waals surface area contributed by atoms with Crippen LogP contribution >= 0.6 is 0 Å². The molecule has 2 fully saturated rings. The molecule has 12 heteroatoms. The monoisotopic (exact) mass is 590 g/mol. The predicted molar refractivity (Wildman–Crippen MR) is 154 cm³/mol. The highest BCUT2D eigenvalue weighted by Crippen LogP contribution is 2.28. The number of aryl methyl sites for hydroxylation is 1. The van der Waals surface area contributed by atoms with E-state index in [4.69, 9.17) is 9.47 Å². The van der Waals surface area contributed by atoms with E-state index in [0.29, 0.717) is 18.8 Å². The molecule has 0 aliphatic carbocycles. The number of halogens is 1. The molecule has 0 bridgehead atoms. The summed E-state index contributed by atoms with van der Waals surface area (Å²) in [6.07, 6.45) is -0.729. The van der Waals surface area contributed by atoms with Crippen LogP contribution in [0.15, 0.2) is 58.5 Å². The van der Waals surface area contributed by atoms with Gasteiger partial charge in [-0.2, -0.15) is 18.4 Å². The number of carbonyl (C=O) groups is 2. The number of nitrogens with zero attached hydrogens (tertiary/aromatic N) is 3. The molecule has 224 valence electrons. The molecule has 0 radical (unpaired) electrons. The fourth-order valence-electron chi connectivity index (χ4n) is 3.74. The Morgan fingerprint density at radius 1 is 0.902 bits per heavy atom. The normalized spacial score (nSPS) is 15.6. The van der Waals surface area contributed by atoms with E-state index in [0.717, 1.165) is 11.1 Å². The van der Waals surface area contributed by atoms with Gasteiger partial charge in [-0.15, -0.1) is 0 Å². The van der Waals surface area contributed by atoms with Crippen LogP contribution in [0.5, 0.6) is 0 Å². The Morgan fingerprint density at radius 3 is 1.95 bits per heavy atom. The molecule has 0 spiro atoms. The van der Waals surface area contributed by atoms with Crippen molar-refractivity contribution < 1.29 is 31.9 Å². The quantitative estimate of drug-likeness (QED) is 0.499. The Morgan fingerprint density at radius 2 is 1.44 bits per heavy atom. The van der Waals surface area contributed by atoms with E-state index in [-0.39, 0.29) is 35.8 Å². The van der Waals surface area contributed by atoms with Crippen LogP contribution in [0.2, 0.25) is 0 Å². The number of amides is 2. The van der Waals surface area contributed by atoms with Crippen LogP contribution in [0, 0.1) is 12.7 Å². The average Bonchev–Trinajstić information content (AvgIpc) is 2.75. The highest BCUT2D eigenvalue weighted by Gasteiger charge is 2.34. The number of likely N-dealkylation sites (tertiary alicyclic amines) is 2. The first kappa shape index (κ1) is 31.9. The van der Waals surface area contributed by atoms with Gasteiger partial charge >= 0.3 is 12.2 Å². The zero-order chi connectivity index (χ0) is 30.6. The molecule has 41 heavy (non-hydrogen) atoms. The van der Waals surface area contributed by atoms with Crippen molar-refractivity contribution in [3.63, 3.8) is 0 Å². The van der Waals surface area contributed by atoms with Crippen molar-refractivity contribution in [3.05, 3.63) is 65.5 Å². The highest BCUT2D eigenvalue weighted by atomic mass is 32.2. The Labute approximate surface area is 241 Å². The molecular weight excluding hydrogens is 551 g/mol. The molecular formula is C29H39FN4O6S. The van der Waals surface area contributed by atoms with Gasteiger partial charge in [0.2, 0.25) is 0 Å². The lowest BCUT2D eigenvalue weighted by Crippen LogP contribution is -2.52. The summed E-state index contributed by atoms with van der Waals surface area (Å²) in [5.74, 6) is -0.0172. The van der Waals surface area contributed by atoms with E-state index in [1.54, 1.807) is 43.9 Å². The molecule has 0 atom stereocenters. The van der Waals surface area contributed by atoms with Gasteiger partial charge in [0.05, 0.1) is 23.7 Å². The SMILES string of the molecule is CC(C)(C)OC(=O)N1CC(c2cccc(F)c2)C1.Cc1ccc(S(=O)(=O)NN=C2CN(C(=O)OC(C)(C)C)C2)cc1. The second-order valence-electron chi connectivity index (χ2n) is 12.1. The summed E-state index contributed by atoms with van der Waals surface area (Å²) < 4.78 is 47.7. The maximum absolute atomic E-state index is 13.1. The van der Waals surface area contributed by atoms with Crippen LogP contribution < -0.4 is 4.83 Å². The minimum atomic E-state index is -3.69. The maximum Gasteiger partial charge on any atom is 0.410 e. The first-order valence-corrected chi connectivity index (χ1v) is 14.8. The summed E-state index contributed by atoms with van der Waals surface area (Å²) >= 11 is 0. The van der Waals surface area contributed by atoms with E-state index < -0.39 is 27.3 Å². The molecule has 10 nitrogen and oxygen atoms in total. The number of sulfonamides is 1. The molecule has 2 aliphatic heterocycles. The lowest BCUT2D eigenvalue weighted by molar-refractivity contribution is 0.00813. The maximum atomic E-state index is 13.1. The zero-order valence-electron chi connectivity index (χ0n) is 24.6. The van der Waals surface area contributed by atoms with E-state index in [9.17, 15) is 22.4 Å². The van der Waals surface area contributed by atoms with Gasteiger partial charge in [0, 0.05) is 19.0 Å². The molecule has 0 aromatic heterocycles. The Balaban J connectivity index is 0.000000232. The zero-order valence-corrected chi connectivity index (χ0v) is 25.4. The van der Waals surface area contributed by atoms with Crippen molar-refractivity contribution >= 4 is 27.9 Å².